The van der Waals surface area contributed by atoms with Crippen molar-refractivity contribution < 1.29 is 4.39 Å². The number of aliphatic imine (C=N–C) groups is 1. The molecule has 1 aromatic heterocycles. The summed E-state index contributed by atoms with van der Waals surface area (Å²) in [6.07, 6.45) is 7.19. The highest BCUT2D eigenvalue weighted by atomic mass is 19.1. The molecule has 1 heterocycles. The Balaban J connectivity index is 1.99. The molecule has 0 amide bonds. The van der Waals surface area contributed by atoms with E-state index >= 15 is 0 Å². The van der Waals surface area contributed by atoms with Crippen LogP contribution in [0, 0.1) is 5.82 Å². The second kappa shape index (κ2) is 8.31. The van der Waals surface area contributed by atoms with Crippen LogP contribution in [-0.4, -0.2) is 41.1 Å². The second-order valence-corrected chi connectivity index (χ2v) is 5.43. The van der Waals surface area contributed by atoms with E-state index in [1.54, 1.807) is 42.5 Å². The summed E-state index contributed by atoms with van der Waals surface area (Å²) in [4.78, 5) is 10.3. The minimum Gasteiger partial charge on any atom is -0.352 e. The van der Waals surface area contributed by atoms with Gasteiger partial charge in [-0.1, -0.05) is 19.4 Å². The van der Waals surface area contributed by atoms with Gasteiger partial charge in [-0.25, -0.2) is 9.37 Å². The van der Waals surface area contributed by atoms with E-state index < -0.39 is 0 Å². The molecule has 2 aromatic rings. The van der Waals surface area contributed by atoms with Crippen LogP contribution in [0.5, 0.6) is 0 Å². The molecular weight excluding hydrogens is 293 g/mol. The fraction of sp³-hybridized carbons (Fsp3) is 0.412. The molecule has 23 heavy (non-hydrogen) atoms. The summed E-state index contributed by atoms with van der Waals surface area (Å²) >= 11 is 0. The van der Waals surface area contributed by atoms with Crippen molar-refractivity contribution in [2.24, 2.45) is 4.99 Å². The highest BCUT2D eigenvalue weighted by Crippen LogP contribution is 2.15. The minimum absolute atomic E-state index is 0.267. The lowest BCUT2D eigenvalue weighted by Crippen LogP contribution is -2.38. The van der Waals surface area contributed by atoms with Gasteiger partial charge < -0.3 is 14.8 Å². The number of benzene rings is 1. The van der Waals surface area contributed by atoms with Crippen LogP contribution in [0.15, 0.2) is 41.9 Å². The van der Waals surface area contributed by atoms with Crippen LogP contribution in [0.4, 0.5) is 4.39 Å². The molecule has 0 aliphatic heterocycles. The number of aromatic nitrogens is 2. The number of halogens is 1. The molecule has 0 atom stereocenters. The van der Waals surface area contributed by atoms with E-state index in [0.717, 1.165) is 30.9 Å². The Morgan fingerprint density at radius 1 is 1.43 bits per heavy atom. The maximum absolute atomic E-state index is 14.2. The van der Waals surface area contributed by atoms with E-state index in [1.807, 2.05) is 13.1 Å². The molecule has 0 fully saturated rings. The Labute approximate surface area is 136 Å². The Hall–Kier alpha value is -2.37. The fourth-order valence-corrected chi connectivity index (χ4v) is 2.34. The predicted molar refractivity (Wildman–Crippen MR) is 91.3 cm³/mol. The van der Waals surface area contributed by atoms with Gasteiger partial charge in [-0.15, -0.1) is 0 Å². The molecule has 0 unspecified atom stereocenters. The monoisotopic (exact) mass is 317 g/mol. The van der Waals surface area contributed by atoms with Crippen LogP contribution < -0.4 is 5.32 Å². The molecule has 124 valence electrons. The maximum Gasteiger partial charge on any atom is 0.193 e. The van der Waals surface area contributed by atoms with E-state index in [2.05, 4.69) is 27.1 Å². The van der Waals surface area contributed by atoms with Gasteiger partial charge in [-0.2, -0.15) is 0 Å². The standard InChI is InChI=1S/C17H24FN5/c1-4-5-9-22(3)17(19-2)21-12-14-6-7-16(15(18)11-14)23-10-8-20-13-23/h6-8,10-11,13H,4-5,9,12H2,1-3H3,(H,19,21). The Morgan fingerprint density at radius 2 is 2.26 bits per heavy atom. The van der Waals surface area contributed by atoms with Crippen LogP contribution in [0.2, 0.25) is 0 Å². The fourth-order valence-electron chi connectivity index (χ4n) is 2.34. The number of hydrogen-bond acceptors (Lipinski definition) is 2. The first-order valence-corrected chi connectivity index (χ1v) is 7.84. The average Bonchev–Trinajstić information content (AvgIpc) is 3.07. The molecule has 1 aromatic carbocycles. The van der Waals surface area contributed by atoms with Gasteiger partial charge in [0.2, 0.25) is 0 Å². The van der Waals surface area contributed by atoms with Crippen LogP contribution >= 0.6 is 0 Å². The van der Waals surface area contributed by atoms with E-state index in [4.69, 9.17) is 0 Å². The second-order valence-electron chi connectivity index (χ2n) is 5.43. The summed E-state index contributed by atoms with van der Waals surface area (Å²) in [7, 11) is 3.77. The third-order valence-corrected chi connectivity index (χ3v) is 3.67. The summed E-state index contributed by atoms with van der Waals surface area (Å²) in [6, 6.07) is 5.21. The maximum atomic E-state index is 14.2. The van der Waals surface area contributed by atoms with Gasteiger partial charge in [0.1, 0.15) is 5.82 Å². The quantitative estimate of drug-likeness (QED) is 0.658. The molecule has 6 heteroatoms. The van der Waals surface area contributed by atoms with Crippen molar-refractivity contribution in [2.45, 2.75) is 26.3 Å². The molecule has 5 nitrogen and oxygen atoms in total. The van der Waals surface area contributed by atoms with E-state index in [-0.39, 0.29) is 5.82 Å². The normalized spacial score (nSPS) is 11.6. The summed E-state index contributed by atoms with van der Waals surface area (Å²) in [6.45, 7) is 3.64. The van der Waals surface area contributed by atoms with Gasteiger partial charge in [0.05, 0.1) is 12.0 Å². The molecule has 0 saturated heterocycles. The zero-order valence-corrected chi connectivity index (χ0v) is 14.0. The van der Waals surface area contributed by atoms with Crippen LogP contribution in [0.3, 0.4) is 0 Å². The first-order chi connectivity index (χ1) is 11.2. The average molecular weight is 317 g/mol. The number of imidazole rings is 1. The van der Waals surface area contributed by atoms with Crippen LogP contribution in [0.1, 0.15) is 25.3 Å². The SMILES string of the molecule is CCCCN(C)C(=NC)NCc1ccc(-n2ccnc2)c(F)c1. The number of guanidine groups is 1. The van der Waals surface area contributed by atoms with Gasteiger partial charge in [0.25, 0.3) is 0 Å². The van der Waals surface area contributed by atoms with Crippen molar-refractivity contribution in [3.63, 3.8) is 0 Å². The molecule has 0 aliphatic carbocycles. The van der Waals surface area contributed by atoms with E-state index in [0.29, 0.717) is 12.2 Å². The zero-order valence-electron chi connectivity index (χ0n) is 14.0. The van der Waals surface area contributed by atoms with Crippen LogP contribution in [-0.2, 0) is 6.54 Å². The van der Waals surface area contributed by atoms with Crippen molar-refractivity contribution in [1.82, 2.24) is 19.8 Å². The Morgan fingerprint density at radius 3 is 2.87 bits per heavy atom. The smallest absolute Gasteiger partial charge is 0.193 e. The van der Waals surface area contributed by atoms with Crippen molar-refractivity contribution in [1.29, 1.82) is 0 Å². The molecule has 2 rings (SSSR count). The van der Waals surface area contributed by atoms with Gasteiger partial charge in [-0.3, -0.25) is 4.99 Å². The molecule has 0 aliphatic rings. The minimum atomic E-state index is -0.267. The van der Waals surface area contributed by atoms with Crippen molar-refractivity contribution in [2.75, 3.05) is 20.6 Å². The lowest BCUT2D eigenvalue weighted by Gasteiger charge is -2.22. The van der Waals surface area contributed by atoms with Gasteiger partial charge in [0, 0.05) is 39.6 Å². The zero-order chi connectivity index (χ0) is 16.7. The molecule has 1 N–H and O–H groups in total. The molecular formula is C17H24FN5. The topological polar surface area (TPSA) is 45.5 Å². The third-order valence-electron chi connectivity index (χ3n) is 3.67. The number of hydrogen-bond donors (Lipinski definition) is 1. The molecule has 0 saturated carbocycles. The Kier molecular flexibility index (Phi) is 6.14. The highest BCUT2D eigenvalue weighted by Gasteiger charge is 2.08. The number of nitrogens with one attached hydrogen (secondary N) is 1. The van der Waals surface area contributed by atoms with Gasteiger partial charge in [0.15, 0.2) is 5.96 Å². The molecule has 0 bridgehead atoms. The summed E-state index contributed by atoms with van der Waals surface area (Å²) < 4.78 is 15.9. The number of unbranched alkanes of at least 4 members (excludes halogenated alkanes) is 1. The summed E-state index contributed by atoms with van der Waals surface area (Å²) in [5, 5.41) is 3.27. The largest absolute Gasteiger partial charge is 0.352 e. The predicted octanol–water partition coefficient (Wildman–Crippen LogP) is 2.82. The van der Waals surface area contributed by atoms with Crippen molar-refractivity contribution in [3.05, 3.63) is 48.3 Å². The van der Waals surface area contributed by atoms with Crippen LogP contribution in [0.25, 0.3) is 5.69 Å². The molecule has 0 spiro atoms. The summed E-state index contributed by atoms with van der Waals surface area (Å²) in [5.41, 5.74) is 1.37. The highest BCUT2D eigenvalue weighted by molar-refractivity contribution is 5.79. The van der Waals surface area contributed by atoms with E-state index in [9.17, 15) is 4.39 Å². The Bertz CT molecular complexity index is 636. The molecule has 0 radical (unpaired) electrons. The number of rotatable bonds is 6. The first-order valence-electron chi connectivity index (χ1n) is 7.84. The third kappa shape index (κ3) is 4.55. The lowest BCUT2D eigenvalue weighted by atomic mass is 10.2. The van der Waals surface area contributed by atoms with Crippen molar-refractivity contribution in [3.8, 4) is 5.69 Å². The summed E-state index contributed by atoms with van der Waals surface area (Å²) in [5.74, 6) is 0.550. The first kappa shape index (κ1) is 17.0. The van der Waals surface area contributed by atoms with Gasteiger partial charge in [-0.05, 0) is 24.1 Å². The van der Waals surface area contributed by atoms with E-state index in [1.165, 1.54) is 0 Å². The lowest BCUT2D eigenvalue weighted by molar-refractivity contribution is 0.464. The van der Waals surface area contributed by atoms with Gasteiger partial charge >= 0.3 is 0 Å². The van der Waals surface area contributed by atoms with Crippen molar-refractivity contribution >= 4 is 5.96 Å². The number of nitrogens with zero attached hydrogens (tertiary/aromatic N) is 4.